The summed E-state index contributed by atoms with van der Waals surface area (Å²) in [5.74, 6) is 1.10. The Morgan fingerprint density at radius 3 is 2.31 bits per heavy atom. The Balaban J connectivity index is 2.33. The Kier molecular flexibility index (Phi) is 4.49. The molecule has 0 atom stereocenters. The summed E-state index contributed by atoms with van der Waals surface area (Å²) in [6.45, 7) is 0. The van der Waals surface area contributed by atoms with Crippen molar-refractivity contribution >= 4 is 27.7 Å². The molecule has 0 radical (unpaired) electrons. The molecular weight excluding hydrogens is 280 g/mol. The molecular formula is C14H13BrS. The molecule has 0 heterocycles. The molecule has 2 aromatic rings. The van der Waals surface area contributed by atoms with Crippen LogP contribution in [0.3, 0.4) is 0 Å². The molecule has 82 valence electrons. The molecule has 0 aliphatic rings. The molecule has 0 aliphatic carbocycles. The second kappa shape index (κ2) is 6.12. The molecule has 0 aromatic heterocycles. The second-order valence-corrected chi connectivity index (χ2v) is 5.33. The molecule has 2 heteroatoms. The molecule has 0 spiro atoms. The van der Waals surface area contributed by atoms with Crippen molar-refractivity contribution < 1.29 is 0 Å². The van der Waals surface area contributed by atoms with E-state index in [0.29, 0.717) is 0 Å². The van der Waals surface area contributed by atoms with Crippen LogP contribution >= 0.6 is 27.7 Å². The summed E-state index contributed by atoms with van der Waals surface area (Å²) < 4.78 is 0. The van der Waals surface area contributed by atoms with Crippen molar-refractivity contribution in [2.45, 2.75) is 4.90 Å². The van der Waals surface area contributed by atoms with Crippen LogP contribution in [0.2, 0.25) is 0 Å². The van der Waals surface area contributed by atoms with E-state index in [1.165, 1.54) is 16.0 Å². The maximum atomic E-state index is 3.47. The lowest BCUT2D eigenvalue weighted by Gasteiger charge is -2.08. The molecule has 0 bridgehead atoms. The molecule has 0 nitrogen and oxygen atoms in total. The zero-order valence-electron chi connectivity index (χ0n) is 8.90. The Morgan fingerprint density at radius 1 is 0.875 bits per heavy atom. The Morgan fingerprint density at radius 2 is 1.56 bits per heavy atom. The van der Waals surface area contributed by atoms with E-state index in [1.54, 1.807) is 0 Å². The van der Waals surface area contributed by atoms with Crippen molar-refractivity contribution in [1.82, 2.24) is 0 Å². The first-order valence-electron chi connectivity index (χ1n) is 5.25. The number of rotatable bonds is 4. The minimum atomic E-state index is 1.03. The minimum absolute atomic E-state index is 1.03. The van der Waals surface area contributed by atoms with Gasteiger partial charge in [0, 0.05) is 16.0 Å². The third-order valence-electron chi connectivity index (χ3n) is 2.31. The van der Waals surface area contributed by atoms with Crippen LogP contribution in [-0.2, 0) is 0 Å². The van der Waals surface area contributed by atoms with Gasteiger partial charge in [-0.3, -0.25) is 0 Å². The van der Waals surface area contributed by atoms with Crippen LogP contribution < -0.4 is 0 Å². The SMILES string of the molecule is BrCCSc1ccccc1-c1ccccc1. The van der Waals surface area contributed by atoms with E-state index < -0.39 is 0 Å². The van der Waals surface area contributed by atoms with Gasteiger partial charge in [-0.25, -0.2) is 0 Å². The molecule has 2 rings (SSSR count). The zero-order chi connectivity index (χ0) is 11.2. The van der Waals surface area contributed by atoms with Crippen molar-refractivity contribution in [1.29, 1.82) is 0 Å². The predicted molar refractivity (Wildman–Crippen MR) is 76.4 cm³/mol. The van der Waals surface area contributed by atoms with Crippen LogP contribution in [-0.4, -0.2) is 11.1 Å². The molecule has 0 saturated carbocycles. The highest BCUT2D eigenvalue weighted by atomic mass is 79.9. The third kappa shape index (κ3) is 2.89. The largest absolute Gasteiger partial charge is 0.125 e. The average molecular weight is 293 g/mol. The van der Waals surface area contributed by atoms with Crippen molar-refractivity contribution in [3.05, 3.63) is 54.6 Å². The normalized spacial score (nSPS) is 10.3. The fourth-order valence-corrected chi connectivity index (χ4v) is 2.90. The number of hydrogen-bond acceptors (Lipinski definition) is 1. The highest BCUT2D eigenvalue weighted by molar-refractivity contribution is 9.09. The summed E-state index contributed by atoms with van der Waals surface area (Å²) in [6.07, 6.45) is 0. The van der Waals surface area contributed by atoms with Crippen LogP contribution in [0.1, 0.15) is 0 Å². The van der Waals surface area contributed by atoms with Gasteiger partial charge in [0.1, 0.15) is 0 Å². The van der Waals surface area contributed by atoms with Gasteiger partial charge in [-0.1, -0.05) is 64.5 Å². The summed E-state index contributed by atoms with van der Waals surface area (Å²) in [4.78, 5) is 1.35. The van der Waals surface area contributed by atoms with Gasteiger partial charge in [-0.05, 0) is 17.2 Å². The van der Waals surface area contributed by atoms with E-state index in [2.05, 4.69) is 70.5 Å². The number of thioether (sulfide) groups is 1. The fourth-order valence-electron chi connectivity index (χ4n) is 1.60. The molecule has 0 saturated heterocycles. The highest BCUT2D eigenvalue weighted by Crippen LogP contribution is 2.31. The maximum absolute atomic E-state index is 3.47. The van der Waals surface area contributed by atoms with Gasteiger partial charge in [0.05, 0.1) is 0 Å². The molecule has 0 unspecified atom stereocenters. The van der Waals surface area contributed by atoms with Crippen LogP contribution in [0.15, 0.2) is 59.5 Å². The van der Waals surface area contributed by atoms with Gasteiger partial charge < -0.3 is 0 Å². The molecule has 0 N–H and O–H groups in total. The predicted octanol–water partition coefficient (Wildman–Crippen LogP) is 4.84. The Bertz CT molecular complexity index is 439. The fraction of sp³-hybridized carbons (Fsp3) is 0.143. The molecule has 16 heavy (non-hydrogen) atoms. The van der Waals surface area contributed by atoms with Gasteiger partial charge in [-0.15, -0.1) is 11.8 Å². The Labute approximate surface area is 109 Å². The monoisotopic (exact) mass is 292 g/mol. The molecule has 0 amide bonds. The van der Waals surface area contributed by atoms with Crippen molar-refractivity contribution in [2.75, 3.05) is 11.1 Å². The number of hydrogen-bond donors (Lipinski definition) is 0. The van der Waals surface area contributed by atoms with E-state index in [4.69, 9.17) is 0 Å². The summed E-state index contributed by atoms with van der Waals surface area (Å²) >= 11 is 5.36. The van der Waals surface area contributed by atoms with Gasteiger partial charge in [-0.2, -0.15) is 0 Å². The maximum Gasteiger partial charge on any atom is 0.0151 e. The lowest BCUT2D eigenvalue weighted by Crippen LogP contribution is -1.84. The molecule has 0 aliphatic heterocycles. The summed E-state index contributed by atoms with van der Waals surface area (Å²) in [7, 11) is 0. The van der Waals surface area contributed by atoms with Crippen molar-refractivity contribution in [3.8, 4) is 11.1 Å². The van der Waals surface area contributed by atoms with Crippen LogP contribution in [0.25, 0.3) is 11.1 Å². The van der Waals surface area contributed by atoms with Crippen molar-refractivity contribution in [3.63, 3.8) is 0 Å². The second-order valence-electron chi connectivity index (χ2n) is 3.40. The lowest BCUT2D eigenvalue weighted by molar-refractivity contribution is 1.43. The van der Waals surface area contributed by atoms with Gasteiger partial charge in [0.15, 0.2) is 0 Å². The lowest BCUT2D eigenvalue weighted by atomic mass is 10.1. The van der Waals surface area contributed by atoms with E-state index in [1.807, 2.05) is 11.8 Å². The number of halogens is 1. The minimum Gasteiger partial charge on any atom is -0.125 e. The zero-order valence-corrected chi connectivity index (χ0v) is 11.3. The van der Waals surface area contributed by atoms with E-state index >= 15 is 0 Å². The van der Waals surface area contributed by atoms with Gasteiger partial charge >= 0.3 is 0 Å². The quantitative estimate of drug-likeness (QED) is 0.574. The first kappa shape index (κ1) is 11.7. The van der Waals surface area contributed by atoms with E-state index in [9.17, 15) is 0 Å². The first-order valence-corrected chi connectivity index (χ1v) is 7.36. The standard InChI is InChI=1S/C14H13BrS/c15-10-11-16-14-9-5-4-8-13(14)12-6-2-1-3-7-12/h1-9H,10-11H2. The average Bonchev–Trinajstić information content (AvgIpc) is 2.38. The highest BCUT2D eigenvalue weighted by Gasteiger charge is 2.03. The summed E-state index contributed by atoms with van der Waals surface area (Å²) in [6, 6.07) is 19.1. The van der Waals surface area contributed by atoms with Crippen molar-refractivity contribution in [2.24, 2.45) is 0 Å². The Hall–Kier alpha value is -0.730. The summed E-state index contributed by atoms with van der Waals surface area (Å²) in [5, 5.41) is 1.03. The van der Waals surface area contributed by atoms with Crippen LogP contribution in [0.4, 0.5) is 0 Å². The van der Waals surface area contributed by atoms with E-state index in [-0.39, 0.29) is 0 Å². The molecule has 2 aromatic carbocycles. The van der Waals surface area contributed by atoms with Gasteiger partial charge in [0.2, 0.25) is 0 Å². The number of benzene rings is 2. The first-order chi connectivity index (χ1) is 7.92. The number of alkyl halides is 1. The van der Waals surface area contributed by atoms with E-state index in [0.717, 1.165) is 11.1 Å². The molecule has 0 fully saturated rings. The topological polar surface area (TPSA) is 0 Å². The van der Waals surface area contributed by atoms with Gasteiger partial charge in [0.25, 0.3) is 0 Å². The smallest absolute Gasteiger partial charge is 0.0151 e. The van der Waals surface area contributed by atoms with Crippen LogP contribution in [0.5, 0.6) is 0 Å². The summed E-state index contributed by atoms with van der Waals surface area (Å²) in [5.41, 5.74) is 2.62. The van der Waals surface area contributed by atoms with Crippen LogP contribution in [0, 0.1) is 0 Å². The third-order valence-corrected chi connectivity index (χ3v) is 4.30.